The maximum absolute atomic E-state index is 11.9. The van der Waals surface area contributed by atoms with E-state index in [9.17, 15) is 36.2 Å². The molecule has 0 aliphatic carbocycles. The van der Waals surface area contributed by atoms with E-state index in [1.807, 2.05) is 91.8 Å². The number of hydrogen-bond acceptors (Lipinski definition) is 16. The smallest absolute Gasteiger partial charge is 0.296 e. The summed E-state index contributed by atoms with van der Waals surface area (Å²) in [7, 11) is -2.82. The summed E-state index contributed by atoms with van der Waals surface area (Å²) in [6.07, 6.45) is 0. The number of nitrogens with zero attached hydrogens (tertiary/aromatic N) is 8. The van der Waals surface area contributed by atoms with Crippen LogP contribution in [0.15, 0.2) is 208 Å². The molecule has 0 bridgehead atoms. The van der Waals surface area contributed by atoms with Gasteiger partial charge in [-0.15, -0.1) is 45.6 Å². The Kier molecular flexibility index (Phi) is 40.0. The van der Waals surface area contributed by atoms with E-state index < -0.39 is 41.5 Å². The standard InChI is InChI=1S/2C19H18N5O4S.C10H8.C6H6.4C2H6.CH4.2Y/c2*1-11-8-14(5-7-16(11)23-21-3)22-24-18-17(29(26,27)28)10-12-9-13(20-2)4-6-15(12)19(18)25;1-2-6-10-8-4-3-7-9(10)5-1;1-2-4-6-5-3-1;4*1-2;;;/h2*4,6-10,20,25H,1-3H3,(H,26,27,28);1-8H;1-6H;4*1-2H3;1H4;;/q2*-1;;;;;;;;;. The number of benzene rings is 9. The molecule has 448 valence electrons. The van der Waals surface area contributed by atoms with Gasteiger partial charge < -0.3 is 20.8 Å². The number of phenols is 2. The fourth-order valence-corrected chi connectivity index (χ4v) is 8.34. The molecule has 9 rings (SSSR count). The van der Waals surface area contributed by atoms with Crippen LogP contribution in [0.5, 0.6) is 11.5 Å². The molecule has 0 aromatic heterocycles. The average Bonchev–Trinajstić information content (AvgIpc) is 2.57. The molecule has 6 N–H and O–H groups in total. The molecule has 0 amide bonds. The molecule has 0 aliphatic rings. The summed E-state index contributed by atoms with van der Waals surface area (Å²) in [5, 5.41) is 62.2. The number of anilines is 2. The summed E-state index contributed by atoms with van der Waals surface area (Å²) in [5.74, 6) is -0.815. The van der Waals surface area contributed by atoms with Crippen LogP contribution in [0.2, 0.25) is 0 Å². The van der Waals surface area contributed by atoms with Crippen molar-refractivity contribution in [2.75, 3.05) is 38.8 Å². The predicted molar refractivity (Wildman–Crippen MR) is 342 cm³/mol. The van der Waals surface area contributed by atoms with E-state index >= 15 is 0 Å². The largest absolute Gasteiger partial charge is 0.505 e. The summed E-state index contributed by atoms with van der Waals surface area (Å²) in [5.41, 5.74) is 4.04. The van der Waals surface area contributed by atoms with Crippen molar-refractivity contribution in [1.29, 1.82) is 0 Å². The van der Waals surface area contributed by atoms with Gasteiger partial charge in [0, 0.05) is 116 Å². The van der Waals surface area contributed by atoms with Crippen molar-refractivity contribution in [1.82, 2.24) is 0 Å². The van der Waals surface area contributed by atoms with Crippen molar-refractivity contribution >= 4 is 98.1 Å². The Labute approximate surface area is 553 Å². The average molecular weight is 1350 g/mol. The Balaban J connectivity index is 0. The molecular formula is C63H78N10O8S2Y2-2. The van der Waals surface area contributed by atoms with Gasteiger partial charge in [0.2, 0.25) is 0 Å². The van der Waals surface area contributed by atoms with E-state index in [0.29, 0.717) is 55.7 Å². The van der Waals surface area contributed by atoms with E-state index in [1.54, 1.807) is 103 Å². The normalized spacial score (nSPS) is 10.4. The van der Waals surface area contributed by atoms with Crippen LogP contribution in [-0.2, 0) is 85.7 Å². The van der Waals surface area contributed by atoms with Crippen LogP contribution in [0, 0.1) is 26.0 Å². The first-order valence-electron chi connectivity index (χ1n) is 26.3. The van der Waals surface area contributed by atoms with Gasteiger partial charge in [0.1, 0.15) is 21.2 Å². The number of hydrogen-bond donors (Lipinski definition) is 6. The van der Waals surface area contributed by atoms with E-state index in [2.05, 4.69) is 112 Å². The van der Waals surface area contributed by atoms with Crippen molar-refractivity contribution in [2.24, 2.45) is 40.9 Å². The summed E-state index contributed by atoms with van der Waals surface area (Å²) in [4.78, 5) is -1.10. The molecular weight excluding hydrogens is 1270 g/mol. The van der Waals surface area contributed by atoms with Gasteiger partial charge in [-0.3, -0.25) is 9.11 Å². The summed E-state index contributed by atoms with van der Waals surface area (Å²) >= 11 is 0. The molecule has 0 atom stereocenters. The van der Waals surface area contributed by atoms with Gasteiger partial charge in [-0.1, -0.05) is 162 Å². The minimum atomic E-state index is -4.67. The minimum Gasteiger partial charge on any atom is -0.505 e. The van der Waals surface area contributed by atoms with Crippen LogP contribution in [0.3, 0.4) is 0 Å². The fourth-order valence-electron chi connectivity index (χ4n) is 7.03. The molecule has 0 saturated carbocycles. The van der Waals surface area contributed by atoms with Crippen LogP contribution < -0.4 is 10.6 Å². The Morgan fingerprint density at radius 1 is 0.424 bits per heavy atom. The second-order valence-corrected chi connectivity index (χ2v) is 18.5. The number of rotatable bonds is 10. The topological polar surface area (TPSA) is 272 Å². The van der Waals surface area contributed by atoms with Gasteiger partial charge in [0.25, 0.3) is 20.2 Å². The summed E-state index contributed by atoms with van der Waals surface area (Å²) in [6.45, 7) is 19.6. The van der Waals surface area contributed by atoms with Gasteiger partial charge >= 0.3 is 0 Å². The molecule has 0 aliphatic heterocycles. The third kappa shape index (κ3) is 24.7. The monoisotopic (exact) mass is 1340 g/mol. The van der Waals surface area contributed by atoms with E-state index in [0.717, 1.165) is 11.1 Å². The Morgan fingerprint density at radius 2 is 0.729 bits per heavy atom. The molecule has 18 nitrogen and oxygen atoms in total. The second kappa shape index (κ2) is 42.2. The third-order valence-corrected chi connectivity index (χ3v) is 12.5. The molecule has 22 heteroatoms. The molecule has 0 unspecified atom stereocenters. The Morgan fingerprint density at radius 3 is 0.988 bits per heavy atom. The van der Waals surface area contributed by atoms with E-state index in [1.165, 1.54) is 22.9 Å². The summed E-state index contributed by atoms with van der Waals surface area (Å²) in [6, 6.07) is 53.2. The van der Waals surface area contributed by atoms with Gasteiger partial charge in [0.05, 0.1) is 0 Å². The molecule has 9 aromatic carbocycles. The summed E-state index contributed by atoms with van der Waals surface area (Å²) < 4.78 is 66.8. The number of aromatic hydroxyl groups is 2. The SMILES string of the molecule is C.CC.CC.CC.CC.CN=Nc1c[c-]c(N=Nc2c(S(=O)(=O)O)cc3cc(NC)ccc3c2O)cc1C.CN=Nc1c[c-]c(N=Nc2c(S(=O)(=O)O)cc3cc(NC)ccc3c2O)cc1C.[Y].[Y].c1ccc2ccccc2c1.c1ccccc1. The molecule has 0 saturated heterocycles. The molecule has 0 fully saturated rings. The van der Waals surface area contributed by atoms with Crippen molar-refractivity contribution in [3.63, 3.8) is 0 Å². The molecule has 0 spiro atoms. The zero-order chi connectivity index (χ0) is 61.4. The van der Waals surface area contributed by atoms with Gasteiger partial charge in [-0.25, -0.2) is 20.5 Å². The molecule has 2 radical (unpaired) electrons. The number of aryl methyl sites for hydroxylation is 2. The maximum atomic E-state index is 11.9. The van der Waals surface area contributed by atoms with Crippen LogP contribution in [0.1, 0.15) is 73.9 Å². The van der Waals surface area contributed by atoms with E-state index in [-0.39, 0.29) is 84.2 Å². The van der Waals surface area contributed by atoms with Crippen molar-refractivity contribution in [3.8, 4) is 11.5 Å². The number of phenolic OH excluding ortho intramolecular Hbond substituents is 2. The van der Waals surface area contributed by atoms with Crippen molar-refractivity contribution < 1.29 is 102 Å². The van der Waals surface area contributed by atoms with Crippen LogP contribution in [-0.4, -0.2) is 64.3 Å². The molecule has 9 aromatic rings. The van der Waals surface area contributed by atoms with Gasteiger partial charge in [-0.2, -0.15) is 39.2 Å². The number of nitrogens with one attached hydrogen (secondary N) is 2. The quantitative estimate of drug-likeness (QED) is 0.0428. The zero-order valence-electron chi connectivity index (χ0n) is 50.0. The van der Waals surface area contributed by atoms with Crippen molar-refractivity contribution in [3.05, 3.63) is 181 Å². The van der Waals surface area contributed by atoms with Crippen LogP contribution in [0.25, 0.3) is 32.3 Å². The first-order chi connectivity index (χ1) is 39.4. The predicted octanol–water partition coefficient (Wildman–Crippen LogP) is 19.4. The molecule has 0 heterocycles. The third-order valence-electron chi connectivity index (χ3n) is 10.7. The van der Waals surface area contributed by atoms with Gasteiger partial charge in [0.15, 0.2) is 11.5 Å². The minimum absolute atomic E-state index is 0. The Bertz CT molecular complexity index is 3530. The van der Waals surface area contributed by atoms with Crippen molar-refractivity contribution in [2.45, 2.75) is 86.5 Å². The second-order valence-electron chi connectivity index (χ2n) is 15.7. The Hall–Kier alpha value is -6.61. The number of azo groups is 4. The first-order valence-corrected chi connectivity index (χ1v) is 29.1. The first kappa shape index (κ1) is 80.5. The maximum Gasteiger partial charge on any atom is 0.296 e. The van der Waals surface area contributed by atoms with Gasteiger partial charge in [-0.05, 0) is 92.8 Å². The number of fused-ring (bicyclic) bond motifs is 3. The zero-order valence-corrected chi connectivity index (χ0v) is 57.3. The molecule has 85 heavy (non-hydrogen) atoms. The van der Waals surface area contributed by atoms with Crippen LogP contribution >= 0.6 is 0 Å². The van der Waals surface area contributed by atoms with Crippen LogP contribution in [0.4, 0.5) is 45.5 Å². The fraction of sp³-hybridized carbons (Fsp3) is 0.238. The van der Waals surface area contributed by atoms with E-state index in [4.69, 9.17) is 0 Å².